The van der Waals surface area contributed by atoms with Crippen molar-refractivity contribution >= 4 is 18.3 Å². The number of benzene rings is 1. The van der Waals surface area contributed by atoms with Gasteiger partial charge in [0.25, 0.3) is 0 Å². The number of nitrogens with zero attached hydrogens (tertiary/aromatic N) is 2. The zero-order chi connectivity index (χ0) is 18.8. The lowest BCUT2D eigenvalue weighted by molar-refractivity contribution is -0.363. The molecule has 0 saturated heterocycles. The molecule has 134 valence electrons. The first-order chi connectivity index (χ1) is 12.3. The molecule has 1 aromatic heterocycles. The predicted molar refractivity (Wildman–Crippen MR) is 101 cm³/mol. The van der Waals surface area contributed by atoms with Gasteiger partial charge in [0.15, 0.2) is 5.70 Å². The van der Waals surface area contributed by atoms with Crippen LogP contribution in [-0.4, -0.2) is 28.8 Å². The quantitative estimate of drug-likeness (QED) is 0.724. The van der Waals surface area contributed by atoms with Crippen molar-refractivity contribution in [2.75, 3.05) is 7.11 Å². The fourth-order valence-electron chi connectivity index (χ4n) is 4.40. The zero-order valence-corrected chi connectivity index (χ0v) is 15.6. The predicted octanol–water partition coefficient (Wildman–Crippen LogP) is 4.54. The fraction of sp³-hybridized carbons (Fsp3) is 0.250. The van der Waals surface area contributed by atoms with E-state index in [0.29, 0.717) is 28.5 Å². The number of fused-ring (bicyclic) bond motifs is 2. The fourth-order valence-corrected chi connectivity index (χ4v) is 4.40. The molecule has 0 saturated carbocycles. The molecule has 0 aliphatic carbocycles. The lowest BCUT2D eigenvalue weighted by Crippen LogP contribution is -2.51. The van der Waals surface area contributed by atoms with Gasteiger partial charge in [0.1, 0.15) is 11.5 Å². The standard InChI is InChI=1S/C20H21BF2N2O/c1-12-10-14(3)24-19(12)18(16-8-6-7-9-17(16)26-5)20-13(2)11-15(4)25(20)21(24,22)23/h6-11H,1-5H3. The minimum atomic E-state index is -3.95. The number of hydrogen-bond acceptors (Lipinski definition) is 1. The van der Waals surface area contributed by atoms with Crippen LogP contribution in [0.2, 0.25) is 0 Å². The molecule has 4 rings (SSSR count). The number of halogens is 2. The van der Waals surface area contributed by atoms with Gasteiger partial charge < -0.3 is 22.3 Å². The van der Waals surface area contributed by atoms with Gasteiger partial charge in [0, 0.05) is 29.8 Å². The maximum absolute atomic E-state index is 15.6. The summed E-state index contributed by atoms with van der Waals surface area (Å²) < 4.78 is 39.1. The van der Waals surface area contributed by atoms with E-state index in [4.69, 9.17) is 4.74 Å². The SMILES string of the molecule is COc1ccccc1C1=C2C(C)=CC(C)=[N+]2[B-](F)(F)n2c(C)cc(C)c21. The lowest BCUT2D eigenvalue weighted by Gasteiger charge is -2.34. The minimum Gasteiger partial charge on any atom is -0.496 e. The Kier molecular flexibility index (Phi) is 3.52. The summed E-state index contributed by atoms with van der Waals surface area (Å²) in [5.74, 6) is 0.676. The third-order valence-corrected chi connectivity index (χ3v) is 5.31. The van der Waals surface area contributed by atoms with Crippen LogP contribution >= 0.6 is 0 Å². The first kappa shape index (κ1) is 16.8. The lowest BCUT2D eigenvalue weighted by atomic mass is 9.83. The van der Waals surface area contributed by atoms with Crippen LogP contribution in [0.5, 0.6) is 5.75 Å². The molecule has 1 aromatic carbocycles. The number of allylic oxidation sites excluding steroid dienone is 2. The largest absolute Gasteiger partial charge is 0.737 e. The molecule has 0 radical (unpaired) electrons. The normalized spacial score (nSPS) is 18.0. The van der Waals surface area contributed by atoms with Crippen molar-refractivity contribution in [3.63, 3.8) is 0 Å². The molecule has 2 aliphatic rings. The number of methoxy groups -OCH3 is 1. The van der Waals surface area contributed by atoms with Crippen LogP contribution < -0.4 is 4.74 Å². The topological polar surface area (TPSA) is 17.2 Å². The summed E-state index contributed by atoms with van der Waals surface area (Å²) in [6.45, 7) is 3.31. The van der Waals surface area contributed by atoms with E-state index in [0.717, 1.165) is 22.3 Å². The second-order valence-electron chi connectivity index (χ2n) is 7.04. The maximum atomic E-state index is 15.6. The summed E-state index contributed by atoms with van der Waals surface area (Å²) in [7, 11) is 1.61. The second kappa shape index (κ2) is 5.43. The first-order valence-electron chi connectivity index (χ1n) is 8.69. The summed E-state index contributed by atoms with van der Waals surface area (Å²) in [6, 6.07) is 9.43. The highest BCUT2D eigenvalue weighted by atomic mass is 19.2. The van der Waals surface area contributed by atoms with E-state index in [1.54, 1.807) is 21.0 Å². The Morgan fingerprint density at radius 2 is 1.77 bits per heavy atom. The third-order valence-electron chi connectivity index (χ3n) is 5.31. The van der Waals surface area contributed by atoms with Crippen LogP contribution in [-0.2, 0) is 0 Å². The van der Waals surface area contributed by atoms with Gasteiger partial charge in [-0.25, -0.2) is 0 Å². The van der Waals surface area contributed by atoms with Crippen molar-refractivity contribution in [1.82, 2.24) is 4.48 Å². The van der Waals surface area contributed by atoms with Crippen LogP contribution in [0.15, 0.2) is 47.7 Å². The molecule has 3 nitrogen and oxygen atoms in total. The molecule has 2 aliphatic heterocycles. The zero-order valence-electron chi connectivity index (χ0n) is 15.6. The van der Waals surface area contributed by atoms with Gasteiger partial charge in [-0.1, -0.05) is 18.2 Å². The molecule has 0 bridgehead atoms. The Labute approximate surface area is 152 Å². The van der Waals surface area contributed by atoms with E-state index in [9.17, 15) is 0 Å². The molecule has 6 heteroatoms. The monoisotopic (exact) mass is 354 g/mol. The minimum absolute atomic E-state index is 0.561. The van der Waals surface area contributed by atoms with Crippen LogP contribution in [0.25, 0.3) is 5.57 Å². The molecular weight excluding hydrogens is 333 g/mol. The summed E-state index contributed by atoms with van der Waals surface area (Å²) in [5.41, 5.74) is 5.58. The average molecular weight is 354 g/mol. The highest BCUT2D eigenvalue weighted by Crippen LogP contribution is 2.45. The number of aromatic nitrogens is 1. The average Bonchev–Trinajstić information content (AvgIpc) is 3.05. The summed E-state index contributed by atoms with van der Waals surface area (Å²) in [6.07, 6.45) is 1.83. The van der Waals surface area contributed by atoms with Gasteiger partial charge in [0.2, 0.25) is 0 Å². The van der Waals surface area contributed by atoms with E-state index in [-0.39, 0.29) is 0 Å². The summed E-state index contributed by atoms with van der Waals surface area (Å²) in [5, 5.41) is 0. The van der Waals surface area contributed by atoms with Crippen molar-refractivity contribution in [3.8, 4) is 5.75 Å². The van der Waals surface area contributed by atoms with Crippen molar-refractivity contribution in [1.29, 1.82) is 0 Å². The van der Waals surface area contributed by atoms with Gasteiger partial charge >= 0.3 is 6.97 Å². The Morgan fingerprint density at radius 3 is 2.46 bits per heavy atom. The first-order valence-corrected chi connectivity index (χ1v) is 8.69. The van der Waals surface area contributed by atoms with Crippen molar-refractivity contribution < 1.29 is 17.9 Å². The van der Waals surface area contributed by atoms with E-state index in [1.807, 2.05) is 50.3 Å². The molecule has 0 amide bonds. The molecule has 0 fully saturated rings. The Hall–Kier alpha value is -2.63. The van der Waals surface area contributed by atoms with Crippen LogP contribution in [0.1, 0.15) is 36.4 Å². The maximum Gasteiger partial charge on any atom is 0.737 e. The Morgan fingerprint density at radius 1 is 1.08 bits per heavy atom. The van der Waals surface area contributed by atoms with Gasteiger partial charge in [-0.3, -0.25) is 0 Å². The van der Waals surface area contributed by atoms with Gasteiger partial charge in [0.05, 0.1) is 12.7 Å². The van der Waals surface area contributed by atoms with Gasteiger partial charge in [-0.2, -0.15) is 0 Å². The molecule has 0 unspecified atom stereocenters. The Balaban J connectivity index is 2.20. The van der Waals surface area contributed by atoms with Crippen molar-refractivity contribution in [2.45, 2.75) is 27.7 Å². The molecule has 0 N–H and O–H groups in total. The number of para-hydroxylation sites is 1. The molecular formula is C20H21BF2N2O. The number of ether oxygens (including phenoxy) is 1. The van der Waals surface area contributed by atoms with Gasteiger partial charge in [-0.05, 0) is 44.2 Å². The smallest absolute Gasteiger partial charge is 0.496 e. The molecule has 0 spiro atoms. The van der Waals surface area contributed by atoms with E-state index >= 15 is 8.63 Å². The number of hydrogen-bond donors (Lipinski definition) is 0. The third kappa shape index (κ3) is 2.01. The molecule has 2 aromatic rings. The van der Waals surface area contributed by atoms with E-state index < -0.39 is 6.97 Å². The van der Waals surface area contributed by atoms with Crippen LogP contribution in [0, 0.1) is 13.8 Å². The Bertz CT molecular complexity index is 1040. The second-order valence-corrected chi connectivity index (χ2v) is 7.04. The highest BCUT2D eigenvalue weighted by Gasteiger charge is 2.55. The van der Waals surface area contributed by atoms with Crippen molar-refractivity contribution in [2.24, 2.45) is 0 Å². The van der Waals surface area contributed by atoms with Crippen LogP contribution in [0.4, 0.5) is 8.63 Å². The molecule has 3 heterocycles. The number of rotatable bonds is 2. The highest BCUT2D eigenvalue weighted by molar-refractivity contribution is 6.58. The van der Waals surface area contributed by atoms with Gasteiger partial charge in [-0.15, -0.1) is 0 Å². The molecule has 26 heavy (non-hydrogen) atoms. The van der Waals surface area contributed by atoms with E-state index in [1.165, 1.54) is 8.96 Å². The molecule has 0 atom stereocenters. The summed E-state index contributed by atoms with van der Waals surface area (Å²) in [4.78, 5) is 0. The number of aryl methyl sites for hydroxylation is 2. The summed E-state index contributed by atoms with van der Waals surface area (Å²) >= 11 is 0. The van der Waals surface area contributed by atoms with E-state index in [2.05, 4.69) is 0 Å². The van der Waals surface area contributed by atoms with Crippen LogP contribution in [0.3, 0.4) is 0 Å². The van der Waals surface area contributed by atoms with Crippen molar-refractivity contribution in [3.05, 3.63) is 70.2 Å².